The number of nitrogens with one attached hydrogen (secondary N) is 1. The lowest BCUT2D eigenvalue weighted by atomic mass is 10.2. The van der Waals surface area contributed by atoms with Crippen LogP contribution in [0.15, 0.2) is 64.4 Å². The van der Waals surface area contributed by atoms with Gasteiger partial charge in [0.2, 0.25) is 0 Å². The molecular formula is C19H15Cl3N2OS. The van der Waals surface area contributed by atoms with Gasteiger partial charge in [0.05, 0.1) is 10.0 Å². The van der Waals surface area contributed by atoms with Crippen molar-refractivity contribution in [2.24, 2.45) is 0 Å². The molecule has 0 bridgehead atoms. The van der Waals surface area contributed by atoms with Crippen molar-refractivity contribution in [2.75, 3.05) is 11.1 Å². The number of rotatable bonds is 5. The third kappa shape index (κ3) is 4.71. The molecule has 0 aliphatic carbocycles. The molecule has 3 nitrogen and oxygen atoms in total. The van der Waals surface area contributed by atoms with Crippen LogP contribution in [0.4, 0.5) is 11.4 Å². The van der Waals surface area contributed by atoms with Crippen LogP contribution in [-0.4, -0.2) is 5.11 Å². The van der Waals surface area contributed by atoms with Crippen molar-refractivity contribution in [3.63, 3.8) is 0 Å². The first-order valence-corrected chi connectivity index (χ1v) is 9.61. The monoisotopic (exact) mass is 424 g/mol. The highest BCUT2D eigenvalue weighted by molar-refractivity contribution is 7.99. The maximum absolute atomic E-state index is 9.66. The molecule has 0 aliphatic heterocycles. The fourth-order valence-electron chi connectivity index (χ4n) is 2.33. The van der Waals surface area contributed by atoms with Gasteiger partial charge in [-0.05, 0) is 60.2 Å². The highest BCUT2D eigenvalue weighted by Crippen LogP contribution is 2.36. The third-order valence-electron chi connectivity index (χ3n) is 3.63. The lowest BCUT2D eigenvalue weighted by Gasteiger charge is -2.13. The number of halogens is 3. The van der Waals surface area contributed by atoms with Crippen LogP contribution in [-0.2, 0) is 6.54 Å². The summed E-state index contributed by atoms with van der Waals surface area (Å²) in [5, 5.41) is 14.0. The van der Waals surface area contributed by atoms with Crippen molar-refractivity contribution in [2.45, 2.75) is 16.3 Å². The van der Waals surface area contributed by atoms with Gasteiger partial charge in [-0.25, -0.2) is 0 Å². The largest absolute Gasteiger partial charge is 0.505 e. The van der Waals surface area contributed by atoms with Gasteiger partial charge in [0, 0.05) is 32.7 Å². The van der Waals surface area contributed by atoms with Gasteiger partial charge in [-0.15, -0.1) is 0 Å². The number of aromatic hydroxyl groups is 1. The van der Waals surface area contributed by atoms with Crippen LogP contribution in [0.3, 0.4) is 0 Å². The molecule has 0 unspecified atom stereocenters. The van der Waals surface area contributed by atoms with Crippen LogP contribution in [0.2, 0.25) is 15.1 Å². The van der Waals surface area contributed by atoms with E-state index < -0.39 is 0 Å². The van der Waals surface area contributed by atoms with Crippen LogP contribution in [0.25, 0.3) is 0 Å². The number of phenols is 1. The molecule has 0 spiro atoms. The zero-order valence-corrected chi connectivity index (χ0v) is 16.6. The van der Waals surface area contributed by atoms with Gasteiger partial charge in [-0.1, -0.05) is 46.6 Å². The normalized spacial score (nSPS) is 10.7. The van der Waals surface area contributed by atoms with Crippen molar-refractivity contribution in [1.82, 2.24) is 0 Å². The molecule has 3 aromatic carbocycles. The van der Waals surface area contributed by atoms with E-state index in [1.165, 1.54) is 0 Å². The summed E-state index contributed by atoms with van der Waals surface area (Å²) < 4.78 is 0. The fourth-order valence-corrected chi connectivity index (χ4v) is 3.87. The molecule has 0 atom stereocenters. The predicted molar refractivity (Wildman–Crippen MR) is 112 cm³/mol. The molecule has 3 aromatic rings. The molecule has 134 valence electrons. The quantitative estimate of drug-likeness (QED) is 0.314. The van der Waals surface area contributed by atoms with Crippen LogP contribution < -0.4 is 11.1 Å². The summed E-state index contributed by atoms with van der Waals surface area (Å²) in [6.45, 7) is 0.526. The van der Waals surface area contributed by atoms with E-state index in [1.807, 2.05) is 42.5 Å². The molecule has 0 amide bonds. The molecule has 3 rings (SSSR count). The topological polar surface area (TPSA) is 58.3 Å². The SMILES string of the molecule is Nc1ccc(Sc2ccc(Cl)cc2)c(CNc2cc(Cl)c(O)c(Cl)c2)c1. The van der Waals surface area contributed by atoms with E-state index in [4.69, 9.17) is 40.5 Å². The molecule has 26 heavy (non-hydrogen) atoms. The summed E-state index contributed by atoms with van der Waals surface area (Å²) in [7, 11) is 0. The second-order valence-electron chi connectivity index (χ2n) is 5.57. The van der Waals surface area contributed by atoms with E-state index in [1.54, 1.807) is 23.9 Å². The first-order valence-electron chi connectivity index (χ1n) is 7.66. The van der Waals surface area contributed by atoms with E-state index in [-0.39, 0.29) is 15.8 Å². The average Bonchev–Trinajstić information content (AvgIpc) is 2.61. The molecule has 0 heterocycles. The molecule has 0 aromatic heterocycles. The van der Waals surface area contributed by atoms with Gasteiger partial charge in [0.1, 0.15) is 0 Å². The number of nitrogens with two attached hydrogens (primary N) is 1. The lowest BCUT2D eigenvalue weighted by molar-refractivity contribution is 0.476. The van der Waals surface area contributed by atoms with Crippen molar-refractivity contribution in [3.8, 4) is 5.75 Å². The Hall–Kier alpha value is -1.72. The van der Waals surface area contributed by atoms with E-state index in [0.717, 1.165) is 15.4 Å². The highest BCUT2D eigenvalue weighted by atomic mass is 35.5. The van der Waals surface area contributed by atoms with Gasteiger partial charge < -0.3 is 16.2 Å². The standard InChI is InChI=1S/C19H15Cl3N2OS/c20-12-1-4-15(5-2-12)26-18-6-3-13(23)7-11(18)10-24-14-8-16(21)19(25)17(22)9-14/h1-9,24-25H,10,23H2. The highest BCUT2D eigenvalue weighted by Gasteiger charge is 2.09. The zero-order valence-electron chi connectivity index (χ0n) is 13.5. The summed E-state index contributed by atoms with van der Waals surface area (Å²) >= 11 is 19.5. The van der Waals surface area contributed by atoms with E-state index in [2.05, 4.69) is 5.32 Å². The smallest absolute Gasteiger partial charge is 0.152 e. The number of nitrogen functional groups attached to an aromatic ring is 1. The summed E-state index contributed by atoms with van der Waals surface area (Å²) in [5.41, 5.74) is 8.38. The molecule has 0 radical (unpaired) electrons. The molecule has 0 fully saturated rings. The lowest BCUT2D eigenvalue weighted by Crippen LogP contribution is -2.02. The van der Waals surface area contributed by atoms with Crippen LogP contribution >= 0.6 is 46.6 Å². The minimum atomic E-state index is -0.123. The zero-order chi connectivity index (χ0) is 18.7. The molecular weight excluding hydrogens is 411 g/mol. The van der Waals surface area contributed by atoms with Gasteiger partial charge in [0.25, 0.3) is 0 Å². The Balaban J connectivity index is 1.81. The van der Waals surface area contributed by atoms with E-state index >= 15 is 0 Å². The van der Waals surface area contributed by atoms with Gasteiger partial charge in [-0.3, -0.25) is 0 Å². The first kappa shape index (κ1) is 19.1. The molecule has 0 aliphatic rings. The number of anilines is 2. The maximum Gasteiger partial charge on any atom is 0.152 e. The summed E-state index contributed by atoms with van der Waals surface area (Å²) in [4.78, 5) is 2.15. The third-order valence-corrected chi connectivity index (χ3v) is 5.58. The first-order chi connectivity index (χ1) is 12.4. The van der Waals surface area contributed by atoms with E-state index in [0.29, 0.717) is 22.9 Å². The Morgan fingerprint density at radius 2 is 1.58 bits per heavy atom. The maximum atomic E-state index is 9.66. The summed E-state index contributed by atoms with van der Waals surface area (Å²) in [5.74, 6) is -0.123. The predicted octanol–water partition coefficient (Wildman–Crippen LogP) is 6.70. The van der Waals surface area contributed by atoms with Crippen molar-refractivity contribution in [3.05, 3.63) is 75.2 Å². The van der Waals surface area contributed by atoms with Crippen LogP contribution in [0.1, 0.15) is 5.56 Å². The Bertz CT molecular complexity index is 910. The molecule has 7 heteroatoms. The second-order valence-corrected chi connectivity index (χ2v) is 7.93. The minimum Gasteiger partial charge on any atom is -0.505 e. The van der Waals surface area contributed by atoms with Crippen molar-refractivity contribution >= 4 is 57.9 Å². The van der Waals surface area contributed by atoms with Crippen LogP contribution in [0, 0.1) is 0 Å². The fraction of sp³-hybridized carbons (Fsp3) is 0.0526. The number of phenolic OH excluding ortho intramolecular Hbond substituents is 1. The van der Waals surface area contributed by atoms with E-state index in [9.17, 15) is 5.11 Å². The number of hydrogen-bond donors (Lipinski definition) is 3. The molecule has 0 saturated heterocycles. The Kier molecular flexibility index (Phi) is 6.09. The second kappa shape index (κ2) is 8.31. The molecule has 4 N–H and O–H groups in total. The minimum absolute atomic E-state index is 0.123. The van der Waals surface area contributed by atoms with Crippen LogP contribution in [0.5, 0.6) is 5.75 Å². The molecule has 0 saturated carbocycles. The summed E-state index contributed by atoms with van der Waals surface area (Å²) in [6.07, 6.45) is 0. The summed E-state index contributed by atoms with van der Waals surface area (Å²) in [6, 6.07) is 16.7. The average molecular weight is 426 g/mol. The van der Waals surface area contributed by atoms with Gasteiger partial charge in [-0.2, -0.15) is 0 Å². The Labute approximate surface area is 171 Å². The van der Waals surface area contributed by atoms with Crippen molar-refractivity contribution in [1.29, 1.82) is 0 Å². The Morgan fingerprint density at radius 3 is 2.23 bits per heavy atom. The van der Waals surface area contributed by atoms with Crippen molar-refractivity contribution < 1.29 is 5.11 Å². The van der Waals surface area contributed by atoms with Gasteiger partial charge in [0.15, 0.2) is 5.75 Å². The number of benzene rings is 3. The Morgan fingerprint density at radius 1 is 0.923 bits per heavy atom. The van der Waals surface area contributed by atoms with Gasteiger partial charge >= 0.3 is 0 Å². The number of hydrogen-bond acceptors (Lipinski definition) is 4.